The molecule has 7 heteroatoms. The first-order chi connectivity index (χ1) is 17.7. The molecule has 3 N–H and O–H groups in total. The first kappa shape index (κ1) is 20.7. The molecule has 4 aromatic carbocycles. The van der Waals surface area contributed by atoms with Gasteiger partial charge in [-0.1, -0.05) is 48.5 Å². The van der Waals surface area contributed by atoms with Crippen molar-refractivity contribution >= 4 is 32.7 Å². The van der Waals surface area contributed by atoms with Crippen LogP contribution in [0, 0.1) is 0 Å². The average Bonchev–Trinajstić information content (AvgIpc) is 3.50. The van der Waals surface area contributed by atoms with Gasteiger partial charge in [0.2, 0.25) is 6.79 Å². The molecule has 0 fully saturated rings. The summed E-state index contributed by atoms with van der Waals surface area (Å²) in [6.07, 6.45) is 1.99. The van der Waals surface area contributed by atoms with Crippen LogP contribution in [0.5, 0.6) is 11.5 Å². The first-order valence-electron chi connectivity index (χ1n) is 11.8. The van der Waals surface area contributed by atoms with E-state index >= 15 is 0 Å². The lowest BCUT2D eigenvalue weighted by molar-refractivity contribution is 0.174. The van der Waals surface area contributed by atoms with E-state index in [1.165, 1.54) is 0 Å². The van der Waals surface area contributed by atoms with Gasteiger partial charge in [0, 0.05) is 36.3 Å². The Balaban J connectivity index is 1.44. The van der Waals surface area contributed by atoms with Gasteiger partial charge in [0.1, 0.15) is 5.69 Å². The molecule has 0 spiro atoms. The topological polar surface area (TPSA) is 95.2 Å². The van der Waals surface area contributed by atoms with Gasteiger partial charge in [0.15, 0.2) is 11.5 Å². The summed E-state index contributed by atoms with van der Waals surface area (Å²) < 4.78 is 13.4. The van der Waals surface area contributed by atoms with Crippen LogP contribution in [0.3, 0.4) is 0 Å². The van der Waals surface area contributed by atoms with Crippen molar-refractivity contribution in [3.63, 3.8) is 0 Å². The van der Waals surface area contributed by atoms with Crippen molar-refractivity contribution in [2.45, 2.75) is 13.1 Å². The molecule has 7 nitrogen and oxygen atoms in total. The summed E-state index contributed by atoms with van der Waals surface area (Å²) in [6, 6.07) is 24.1. The number of H-pyrrole nitrogens is 1. The molecule has 0 aliphatic carbocycles. The summed E-state index contributed by atoms with van der Waals surface area (Å²) in [6.45, 7) is 1.27. The minimum Gasteiger partial charge on any atom is -0.454 e. The lowest BCUT2D eigenvalue weighted by Crippen LogP contribution is -2.11. The van der Waals surface area contributed by atoms with Gasteiger partial charge in [-0.2, -0.15) is 0 Å². The SMILES string of the molecule is NCc1cccc(Cn2cc(-c3nc4cc5ccccc5cc4[nH]c3=O)c3cc4c(cc32)OCO4)c1. The summed E-state index contributed by atoms with van der Waals surface area (Å²) in [7, 11) is 0. The standard InChI is InChI=1S/C29H22N4O3/c30-13-17-4-3-5-18(8-17)14-33-15-22(21-11-26-27(12-25(21)33)36-16-35-26)28-29(34)32-24-10-20-7-2-1-6-19(20)9-23(24)31-28/h1-12,15H,13-14,16,30H2,(H,32,34). The molecule has 1 aliphatic rings. The number of nitrogens with two attached hydrogens (primary N) is 1. The number of nitrogens with zero attached hydrogens (tertiary/aromatic N) is 2. The van der Waals surface area contributed by atoms with Crippen molar-refractivity contribution in [3.8, 4) is 22.8 Å². The number of fused-ring (bicyclic) bond motifs is 4. The molecule has 0 amide bonds. The predicted molar refractivity (Wildman–Crippen MR) is 140 cm³/mol. The van der Waals surface area contributed by atoms with E-state index in [-0.39, 0.29) is 12.4 Å². The van der Waals surface area contributed by atoms with E-state index in [9.17, 15) is 4.79 Å². The summed E-state index contributed by atoms with van der Waals surface area (Å²) in [5.74, 6) is 1.35. The van der Waals surface area contributed by atoms with Crippen LogP contribution in [0.15, 0.2) is 83.8 Å². The number of rotatable bonds is 4. The van der Waals surface area contributed by atoms with Crippen LogP contribution in [0.4, 0.5) is 0 Å². The largest absolute Gasteiger partial charge is 0.454 e. The first-order valence-corrected chi connectivity index (χ1v) is 11.8. The zero-order valence-corrected chi connectivity index (χ0v) is 19.3. The van der Waals surface area contributed by atoms with Gasteiger partial charge in [-0.3, -0.25) is 4.79 Å². The van der Waals surface area contributed by atoms with E-state index in [0.29, 0.717) is 35.8 Å². The second-order valence-corrected chi connectivity index (χ2v) is 9.05. The molecule has 0 unspecified atom stereocenters. The van der Waals surface area contributed by atoms with E-state index in [2.05, 4.69) is 21.7 Å². The van der Waals surface area contributed by atoms with Gasteiger partial charge in [0.25, 0.3) is 5.56 Å². The van der Waals surface area contributed by atoms with Gasteiger partial charge in [0.05, 0.1) is 16.6 Å². The Morgan fingerprint density at radius 1 is 0.917 bits per heavy atom. The Kier molecular flexibility index (Phi) is 4.59. The van der Waals surface area contributed by atoms with E-state index in [4.69, 9.17) is 20.2 Å². The van der Waals surface area contributed by atoms with Gasteiger partial charge in [-0.05, 0) is 40.1 Å². The van der Waals surface area contributed by atoms with Crippen molar-refractivity contribution in [1.82, 2.24) is 14.5 Å². The van der Waals surface area contributed by atoms with Crippen LogP contribution in [-0.4, -0.2) is 21.3 Å². The Labute approximate surface area is 205 Å². The van der Waals surface area contributed by atoms with Gasteiger partial charge in [-0.25, -0.2) is 4.98 Å². The Hall–Kier alpha value is -4.62. The van der Waals surface area contributed by atoms with Crippen LogP contribution >= 0.6 is 0 Å². The maximum absolute atomic E-state index is 13.3. The van der Waals surface area contributed by atoms with Crippen molar-refractivity contribution in [1.29, 1.82) is 0 Å². The van der Waals surface area contributed by atoms with Crippen molar-refractivity contribution in [2.75, 3.05) is 6.79 Å². The lowest BCUT2D eigenvalue weighted by Gasteiger charge is -2.08. The summed E-state index contributed by atoms with van der Waals surface area (Å²) in [4.78, 5) is 21.2. The number of hydrogen-bond acceptors (Lipinski definition) is 5. The molecule has 6 aromatic rings. The van der Waals surface area contributed by atoms with Crippen molar-refractivity contribution < 1.29 is 9.47 Å². The highest BCUT2D eigenvalue weighted by molar-refractivity contribution is 5.99. The van der Waals surface area contributed by atoms with E-state index in [1.807, 2.05) is 66.9 Å². The molecule has 0 atom stereocenters. The number of benzene rings is 4. The fourth-order valence-electron chi connectivity index (χ4n) is 5.01. The second kappa shape index (κ2) is 7.96. The minimum absolute atomic E-state index is 0.178. The van der Waals surface area contributed by atoms with E-state index in [0.717, 1.165) is 43.9 Å². The molecule has 3 heterocycles. The fraction of sp³-hybridized carbons (Fsp3) is 0.103. The zero-order valence-electron chi connectivity index (χ0n) is 19.3. The number of hydrogen-bond donors (Lipinski definition) is 2. The van der Waals surface area contributed by atoms with Crippen molar-refractivity contribution in [2.24, 2.45) is 5.73 Å². The van der Waals surface area contributed by atoms with E-state index < -0.39 is 0 Å². The molecule has 0 saturated heterocycles. The number of aromatic nitrogens is 3. The smallest absolute Gasteiger partial charge is 0.275 e. The fourth-order valence-corrected chi connectivity index (χ4v) is 5.01. The Morgan fingerprint density at radius 2 is 1.69 bits per heavy atom. The normalized spacial score (nSPS) is 12.7. The van der Waals surface area contributed by atoms with Crippen LogP contribution in [0.2, 0.25) is 0 Å². The molecule has 2 aromatic heterocycles. The molecular formula is C29H22N4O3. The average molecular weight is 475 g/mol. The summed E-state index contributed by atoms with van der Waals surface area (Å²) >= 11 is 0. The number of nitrogens with one attached hydrogen (secondary N) is 1. The summed E-state index contributed by atoms with van der Waals surface area (Å²) in [5, 5.41) is 3.01. The Bertz CT molecular complexity index is 1870. The lowest BCUT2D eigenvalue weighted by atomic mass is 10.1. The van der Waals surface area contributed by atoms with Gasteiger partial charge >= 0.3 is 0 Å². The zero-order chi connectivity index (χ0) is 24.2. The quantitative estimate of drug-likeness (QED) is 0.353. The third-order valence-corrected chi connectivity index (χ3v) is 6.77. The van der Waals surface area contributed by atoms with Crippen LogP contribution in [-0.2, 0) is 13.1 Å². The third-order valence-electron chi connectivity index (χ3n) is 6.77. The minimum atomic E-state index is -0.236. The number of aromatic amines is 1. The van der Waals surface area contributed by atoms with E-state index in [1.54, 1.807) is 0 Å². The monoisotopic (exact) mass is 474 g/mol. The highest BCUT2D eigenvalue weighted by atomic mass is 16.7. The van der Waals surface area contributed by atoms with Crippen molar-refractivity contribution in [3.05, 3.63) is 100 Å². The van der Waals surface area contributed by atoms with Crippen LogP contribution < -0.4 is 20.8 Å². The molecule has 0 bridgehead atoms. The molecular weight excluding hydrogens is 452 g/mol. The highest BCUT2D eigenvalue weighted by Crippen LogP contribution is 2.40. The molecule has 176 valence electrons. The molecule has 0 radical (unpaired) electrons. The maximum Gasteiger partial charge on any atom is 0.275 e. The Morgan fingerprint density at radius 3 is 2.53 bits per heavy atom. The molecule has 7 rings (SSSR count). The molecule has 36 heavy (non-hydrogen) atoms. The predicted octanol–water partition coefficient (Wildman–Crippen LogP) is 4.93. The van der Waals surface area contributed by atoms with Gasteiger partial charge < -0.3 is 24.8 Å². The second-order valence-electron chi connectivity index (χ2n) is 9.05. The summed E-state index contributed by atoms with van der Waals surface area (Å²) in [5.41, 5.74) is 11.3. The molecule has 0 saturated carbocycles. The van der Waals surface area contributed by atoms with Gasteiger partial charge in [-0.15, -0.1) is 0 Å². The van der Waals surface area contributed by atoms with Crippen LogP contribution in [0.1, 0.15) is 11.1 Å². The van der Waals surface area contributed by atoms with Crippen LogP contribution in [0.25, 0.3) is 44.0 Å². The number of ether oxygens (including phenoxy) is 2. The maximum atomic E-state index is 13.3. The third kappa shape index (κ3) is 3.32. The molecule has 1 aliphatic heterocycles. The highest BCUT2D eigenvalue weighted by Gasteiger charge is 2.21.